The predicted molar refractivity (Wildman–Crippen MR) is 55.7 cm³/mol. The standard InChI is InChI=1S/C10H10N2O2S/c13-15(14,7-1-2-7)10-3-4-12-9-6-11-5-8(9)10/h3-5,7H,1-2,6H2. The topological polar surface area (TPSA) is 59.4 Å². The molecule has 2 aliphatic rings. The zero-order chi connectivity index (χ0) is 10.5. The van der Waals surface area contributed by atoms with Crippen LogP contribution >= 0.6 is 0 Å². The van der Waals surface area contributed by atoms with Crippen LogP contribution < -0.4 is 0 Å². The second kappa shape index (κ2) is 2.88. The minimum Gasteiger partial charge on any atom is -0.286 e. The second-order valence-electron chi connectivity index (χ2n) is 3.88. The van der Waals surface area contributed by atoms with Crippen LogP contribution in [0, 0.1) is 0 Å². The monoisotopic (exact) mass is 222 g/mol. The maximum atomic E-state index is 12.1. The van der Waals surface area contributed by atoms with E-state index in [0.29, 0.717) is 17.0 Å². The summed E-state index contributed by atoms with van der Waals surface area (Å²) >= 11 is 0. The highest BCUT2D eigenvalue weighted by Crippen LogP contribution is 2.35. The van der Waals surface area contributed by atoms with Gasteiger partial charge in [-0.2, -0.15) is 0 Å². The highest BCUT2D eigenvalue weighted by atomic mass is 32.2. The molecule has 0 unspecified atom stereocenters. The molecule has 1 aliphatic heterocycles. The first-order valence-corrected chi connectivity index (χ1v) is 6.46. The van der Waals surface area contributed by atoms with Crippen molar-refractivity contribution in [3.63, 3.8) is 0 Å². The Labute approximate surface area is 88.0 Å². The highest BCUT2D eigenvalue weighted by molar-refractivity contribution is 7.92. The third-order valence-corrected chi connectivity index (χ3v) is 5.08. The van der Waals surface area contributed by atoms with E-state index in [1.54, 1.807) is 18.5 Å². The highest BCUT2D eigenvalue weighted by Gasteiger charge is 2.38. The maximum Gasteiger partial charge on any atom is 0.182 e. The van der Waals surface area contributed by atoms with Crippen molar-refractivity contribution in [2.24, 2.45) is 4.99 Å². The Morgan fingerprint density at radius 2 is 2.13 bits per heavy atom. The van der Waals surface area contributed by atoms with Crippen molar-refractivity contribution in [2.75, 3.05) is 0 Å². The van der Waals surface area contributed by atoms with E-state index in [0.717, 1.165) is 18.5 Å². The summed E-state index contributed by atoms with van der Waals surface area (Å²) in [6.07, 6.45) is 4.76. The van der Waals surface area contributed by atoms with E-state index in [4.69, 9.17) is 0 Å². The molecule has 2 heterocycles. The van der Waals surface area contributed by atoms with Gasteiger partial charge in [-0.25, -0.2) is 8.42 Å². The Morgan fingerprint density at radius 1 is 1.33 bits per heavy atom. The Morgan fingerprint density at radius 3 is 2.87 bits per heavy atom. The lowest BCUT2D eigenvalue weighted by atomic mass is 10.2. The first kappa shape index (κ1) is 9.03. The molecular weight excluding hydrogens is 212 g/mol. The van der Waals surface area contributed by atoms with Gasteiger partial charge in [-0.15, -0.1) is 0 Å². The molecule has 1 aromatic heterocycles. The molecule has 0 spiro atoms. The fraction of sp³-hybridized carbons (Fsp3) is 0.400. The first-order valence-electron chi connectivity index (χ1n) is 4.91. The van der Waals surface area contributed by atoms with Gasteiger partial charge >= 0.3 is 0 Å². The van der Waals surface area contributed by atoms with Gasteiger partial charge in [0.15, 0.2) is 9.84 Å². The Balaban J connectivity index is 2.20. The molecule has 0 aromatic carbocycles. The van der Waals surface area contributed by atoms with Crippen molar-refractivity contribution in [3.8, 4) is 0 Å². The number of aliphatic imine (C=N–C) groups is 1. The van der Waals surface area contributed by atoms with Gasteiger partial charge in [-0.05, 0) is 18.9 Å². The number of hydrogen-bond acceptors (Lipinski definition) is 4. The third-order valence-electron chi connectivity index (χ3n) is 2.76. The SMILES string of the molecule is O=S(=O)(c1ccnc2c1C=NC2)C1CC1. The zero-order valence-electron chi connectivity index (χ0n) is 8.05. The summed E-state index contributed by atoms with van der Waals surface area (Å²) < 4.78 is 24.1. The molecule has 1 fully saturated rings. The van der Waals surface area contributed by atoms with Crippen LogP contribution in [0.25, 0.3) is 0 Å². The fourth-order valence-corrected chi connectivity index (χ4v) is 3.63. The number of aromatic nitrogens is 1. The quantitative estimate of drug-likeness (QED) is 0.748. The molecule has 15 heavy (non-hydrogen) atoms. The molecule has 0 atom stereocenters. The van der Waals surface area contributed by atoms with Crippen LogP contribution in [0.4, 0.5) is 0 Å². The lowest BCUT2D eigenvalue weighted by Crippen LogP contribution is -2.10. The Bertz CT molecular complexity index is 545. The van der Waals surface area contributed by atoms with E-state index in [9.17, 15) is 8.42 Å². The van der Waals surface area contributed by atoms with Crippen LogP contribution in [-0.2, 0) is 16.4 Å². The summed E-state index contributed by atoms with van der Waals surface area (Å²) in [7, 11) is -3.12. The number of nitrogens with zero attached hydrogens (tertiary/aromatic N) is 2. The van der Waals surface area contributed by atoms with Crippen molar-refractivity contribution >= 4 is 16.1 Å². The Hall–Kier alpha value is -1.23. The molecule has 0 radical (unpaired) electrons. The maximum absolute atomic E-state index is 12.1. The summed E-state index contributed by atoms with van der Waals surface area (Å²) in [4.78, 5) is 8.59. The van der Waals surface area contributed by atoms with E-state index in [-0.39, 0.29) is 5.25 Å². The van der Waals surface area contributed by atoms with Crippen LogP contribution in [0.2, 0.25) is 0 Å². The lowest BCUT2D eigenvalue weighted by Gasteiger charge is -2.05. The van der Waals surface area contributed by atoms with Gasteiger partial charge in [-0.1, -0.05) is 0 Å². The number of sulfone groups is 1. The van der Waals surface area contributed by atoms with Crippen LogP contribution in [0.1, 0.15) is 24.1 Å². The molecule has 0 amide bonds. The number of rotatable bonds is 2. The predicted octanol–water partition coefficient (Wildman–Crippen LogP) is 0.950. The summed E-state index contributed by atoms with van der Waals surface area (Å²) in [5.74, 6) is 0. The zero-order valence-corrected chi connectivity index (χ0v) is 8.87. The van der Waals surface area contributed by atoms with E-state index >= 15 is 0 Å². The minimum absolute atomic E-state index is 0.169. The van der Waals surface area contributed by atoms with Crippen molar-refractivity contribution < 1.29 is 8.42 Å². The Kier molecular flexibility index (Phi) is 1.74. The van der Waals surface area contributed by atoms with Crippen molar-refractivity contribution in [3.05, 3.63) is 23.5 Å². The summed E-state index contributed by atoms with van der Waals surface area (Å²) in [5, 5.41) is -0.169. The van der Waals surface area contributed by atoms with E-state index < -0.39 is 9.84 Å². The van der Waals surface area contributed by atoms with Gasteiger partial charge in [0.05, 0.1) is 22.4 Å². The molecule has 4 nitrogen and oxygen atoms in total. The van der Waals surface area contributed by atoms with Crippen molar-refractivity contribution in [1.82, 2.24) is 4.98 Å². The smallest absolute Gasteiger partial charge is 0.182 e. The van der Waals surface area contributed by atoms with Crippen molar-refractivity contribution in [2.45, 2.75) is 29.5 Å². The summed E-state index contributed by atoms with van der Waals surface area (Å²) in [5.41, 5.74) is 1.47. The van der Waals surface area contributed by atoms with Crippen LogP contribution in [-0.4, -0.2) is 24.9 Å². The average Bonchev–Trinajstić information content (AvgIpc) is 2.97. The van der Waals surface area contributed by atoms with Gasteiger partial charge in [0.2, 0.25) is 0 Å². The molecule has 1 aliphatic carbocycles. The molecule has 0 saturated heterocycles. The summed E-state index contributed by atoms with van der Waals surface area (Å²) in [6, 6.07) is 1.59. The number of pyridine rings is 1. The molecule has 0 bridgehead atoms. The normalized spacial score (nSPS) is 19.2. The second-order valence-corrected chi connectivity index (χ2v) is 6.08. The largest absolute Gasteiger partial charge is 0.286 e. The molecule has 1 saturated carbocycles. The number of hydrogen-bond donors (Lipinski definition) is 0. The molecule has 0 N–H and O–H groups in total. The van der Waals surface area contributed by atoms with Crippen LogP contribution in [0.3, 0.4) is 0 Å². The van der Waals surface area contributed by atoms with Gasteiger partial charge in [-0.3, -0.25) is 9.98 Å². The first-order chi connectivity index (χ1) is 7.19. The van der Waals surface area contributed by atoms with Crippen LogP contribution in [0.5, 0.6) is 0 Å². The van der Waals surface area contributed by atoms with E-state index in [2.05, 4.69) is 9.98 Å². The van der Waals surface area contributed by atoms with Gasteiger partial charge < -0.3 is 0 Å². The average molecular weight is 222 g/mol. The van der Waals surface area contributed by atoms with Gasteiger partial charge in [0.25, 0.3) is 0 Å². The van der Waals surface area contributed by atoms with Gasteiger partial charge in [0, 0.05) is 18.0 Å². The lowest BCUT2D eigenvalue weighted by molar-refractivity contribution is 0.594. The van der Waals surface area contributed by atoms with Crippen molar-refractivity contribution in [1.29, 1.82) is 0 Å². The minimum atomic E-state index is -3.12. The number of fused-ring (bicyclic) bond motifs is 1. The molecule has 3 rings (SSSR count). The van der Waals surface area contributed by atoms with E-state index in [1.165, 1.54) is 0 Å². The fourth-order valence-electron chi connectivity index (χ4n) is 1.79. The van der Waals surface area contributed by atoms with Gasteiger partial charge in [0.1, 0.15) is 0 Å². The summed E-state index contributed by atoms with van der Waals surface area (Å²) in [6.45, 7) is 0.503. The molecule has 78 valence electrons. The molecular formula is C10H10N2O2S. The molecule has 5 heteroatoms. The third kappa shape index (κ3) is 1.30. The molecule has 1 aromatic rings. The van der Waals surface area contributed by atoms with E-state index in [1.807, 2.05) is 0 Å². The van der Waals surface area contributed by atoms with Crippen LogP contribution in [0.15, 0.2) is 22.2 Å².